The molecule has 14 heavy (non-hydrogen) atoms. The molecule has 0 radical (unpaired) electrons. The van der Waals surface area contributed by atoms with E-state index < -0.39 is 0 Å². The predicted molar refractivity (Wildman–Crippen MR) is 55.0 cm³/mol. The van der Waals surface area contributed by atoms with Crippen molar-refractivity contribution in [2.45, 2.75) is 44.3 Å². The van der Waals surface area contributed by atoms with Gasteiger partial charge in [0.25, 0.3) is 0 Å². The SMILES string of the molecule is [C-]#[N+]CC12CCOCC(C1)N2C(C)C. The Hall–Kier alpha value is -0.590. The summed E-state index contributed by atoms with van der Waals surface area (Å²) in [5.74, 6) is 0. The minimum atomic E-state index is 0.150. The number of rotatable bonds is 2. The lowest BCUT2D eigenvalue weighted by Gasteiger charge is -2.56. The molecule has 0 spiro atoms. The molecule has 2 bridgehead atoms. The minimum Gasteiger partial charge on any atom is -0.380 e. The summed E-state index contributed by atoms with van der Waals surface area (Å²) in [5.41, 5.74) is 0.150. The van der Waals surface area contributed by atoms with Gasteiger partial charge in [-0.1, -0.05) is 0 Å². The van der Waals surface area contributed by atoms with Crippen LogP contribution in [0.25, 0.3) is 4.85 Å². The Morgan fingerprint density at radius 3 is 3.07 bits per heavy atom. The molecule has 3 aliphatic heterocycles. The molecule has 3 heteroatoms. The fourth-order valence-electron chi connectivity index (χ4n) is 3.11. The van der Waals surface area contributed by atoms with Crippen LogP contribution in [0.1, 0.15) is 26.7 Å². The molecule has 0 N–H and O–H groups in total. The van der Waals surface area contributed by atoms with Crippen LogP contribution in [0.3, 0.4) is 0 Å². The first-order chi connectivity index (χ1) is 6.69. The van der Waals surface area contributed by atoms with E-state index in [1.165, 1.54) is 0 Å². The predicted octanol–water partition coefficient (Wildman–Crippen LogP) is 1.55. The molecule has 2 atom stereocenters. The zero-order valence-electron chi connectivity index (χ0n) is 8.99. The van der Waals surface area contributed by atoms with Crippen LogP contribution in [0.2, 0.25) is 0 Å². The van der Waals surface area contributed by atoms with Crippen molar-refractivity contribution in [2.24, 2.45) is 0 Å². The summed E-state index contributed by atoms with van der Waals surface area (Å²) in [6.07, 6.45) is 2.19. The number of hydrogen-bond acceptors (Lipinski definition) is 2. The average molecular weight is 194 g/mol. The molecule has 3 heterocycles. The summed E-state index contributed by atoms with van der Waals surface area (Å²) in [4.78, 5) is 6.09. The Morgan fingerprint density at radius 1 is 1.64 bits per heavy atom. The van der Waals surface area contributed by atoms with Crippen LogP contribution in [-0.4, -0.2) is 42.3 Å². The third kappa shape index (κ3) is 1.34. The highest BCUT2D eigenvalue weighted by Crippen LogP contribution is 2.43. The smallest absolute Gasteiger partial charge is 0.232 e. The van der Waals surface area contributed by atoms with E-state index in [0.717, 1.165) is 26.1 Å². The van der Waals surface area contributed by atoms with Gasteiger partial charge in [-0.3, -0.25) is 4.90 Å². The van der Waals surface area contributed by atoms with Gasteiger partial charge in [0, 0.05) is 18.7 Å². The van der Waals surface area contributed by atoms with Gasteiger partial charge in [0.1, 0.15) is 0 Å². The van der Waals surface area contributed by atoms with Gasteiger partial charge in [0.15, 0.2) is 0 Å². The largest absolute Gasteiger partial charge is 0.380 e. The maximum absolute atomic E-state index is 7.05. The molecule has 3 aliphatic rings. The summed E-state index contributed by atoms with van der Waals surface area (Å²) in [6.45, 7) is 13.8. The highest BCUT2D eigenvalue weighted by atomic mass is 16.5. The van der Waals surface area contributed by atoms with Crippen LogP contribution >= 0.6 is 0 Å². The lowest BCUT2D eigenvalue weighted by atomic mass is 9.75. The molecule has 78 valence electrons. The van der Waals surface area contributed by atoms with Crippen molar-refractivity contribution in [1.29, 1.82) is 0 Å². The van der Waals surface area contributed by atoms with Gasteiger partial charge in [0.2, 0.25) is 6.54 Å². The first kappa shape index (κ1) is 9.95. The Bertz CT molecular complexity index is 255. The molecule has 0 aliphatic carbocycles. The van der Waals surface area contributed by atoms with E-state index in [4.69, 9.17) is 11.3 Å². The van der Waals surface area contributed by atoms with Crippen molar-refractivity contribution in [1.82, 2.24) is 4.90 Å². The van der Waals surface area contributed by atoms with E-state index in [-0.39, 0.29) is 5.54 Å². The van der Waals surface area contributed by atoms with Crippen molar-refractivity contribution in [3.8, 4) is 0 Å². The molecule has 0 saturated carbocycles. The minimum absolute atomic E-state index is 0.150. The van der Waals surface area contributed by atoms with Gasteiger partial charge in [-0.2, -0.15) is 0 Å². The number of nitrogens with zero attached hydrogens (tertiary/aromatic N) is 2. The van der Waals surface area contributed by atoms with E-state index in [1.54, 1.807) is 0 Å². The quantitative estimate of drug-likeness (QED) is 0.620. The zero-order chi connectivity index (χ0) is 10.2. The van der Waals surface area contributed by atoms with Crippen LogP contribution in [0.15, 0.2) is 0 Å². The van der Waals surface area contributed by atoms with E-state index in [0.29, 0.717) is 18.6 Å². The molecule has 3 saturated heterocycles. The fourth-order valence-corrected chi connectivity index (χ4v) is 3.11. The standard InChI is InChI=1S/C11H18N2O/c1-9(2)13-10-6-11(13,8-12-3)4-5-14-7-10/h9-10H,4-8H2,1-2H3. The summed E-state index contributed by atoms with van der Waals surface area (Å²) in [7, 11) is 0. The second-order valence-corrected chi connectivity index (χ2v) is 4.72. The molecule has 0 aromatic carbocycles. The van der Waals surface area contributed by atoms with Crippen LogP contribution in [0.4, 0.5) is 0 Å². The summed E-state index contributed by atoms with van der Waals surface area (Å²) >= 11 is 0. The van der Waals surface area contributed by atoms with E-state index >= 15 is 0 Å². The Labute approximate surface area is 85.9 Å². The van der Waals surface area contributed by atoms with Crippen LogP contribution in [0, 0.1) is 6.57 Å². The van der Waals surface area contributed by atoms with Gasteiger partial charge >= 0.3 is 0 Å². The normalized spacial score (nSPS) is 37.4. The van der Waals surface area contributed by atoms with E-state index in [2.05, 4.69) is 23.6 Å². The molecule has 3 fully saturated rings. The molecular formula is C11H18N2O. The highest BCUT2D eigenvalue weighted by molar-refractivity contribution is 5.11. The first-order valence-electron chi connectivity index (χ1n) is 5.39. The van der Waals surface area contributed by atoms with Crippen LogP contribution in [0.5, 0.6) is 0 Å². The maximum Gasteiger partial charge on any atom is 0.232 e. The van der Waals surface area contributed by atoms with Crippen molar-refractivity contribution >= 4 is 0 Å². The molecule has 3 nitrogen and oxygen atoms in total. The second-order valence-electron chi connectivity index (χ2n) is 4.72. The Balaban J connectivity index is 2.17. The summed E-state index contributed by atoms with van der Waals surface area (Å²) < 4.78 is 5.56. The maximum atomic E-state index is 7.05. The highest BCUT2D eigenvalue weighted by Gasteiger charge is 2.56. The van der Waals surface area contributed by atoms with Crippen molar-refractivity contribution in [3.05, 3.63) is 11.4 Å². The average Bonchev–Trinajstić information content (AvgIpc) is 2.35. The van der Waals surface area contributed by atoms with Crippen LogP contribution in [-0.2, 0) is 4.74 Å². The Morgan fingerprint density at radius 2 is 2.43 bits per heavy atom. The van der Waals surface area contributed by atoms with Gasteiger partial charge in [-0.05, 0) is 26.7 Å². The topological polar surface area (TPSA) is 16.8 Å². The third-order valence-corrected chi connectivity index (χ3v) is 3.51. The van der Waals surface area contributed by atoms with Gasteiger partial charge in [-0.15, -0.1) is 0 Å². The number of ether oxygens (including phenoxy) is 1. The number of hydrogen-bond donors (Lipinski definition) is 0. The molecule has 2 unspecified atom stereocenters. The lowest BCUT2D eigenvalue weighted by molar-refractivity contribution is -0.0841. The fraction of sp³-hybridized carbons (Fsp3) is 0.909. The molecule has 3 rings (SSSR count). The zero-order valence-corrected chi connectivity index (χ0v) is 8.99. The lowest BCUT2D eigenvalue weighted by Crippen LogP contribution is -2.69. The number of fused-ring (bicyclic) bond motifs is 3. The monoisotopic (exact) mass is 194 g/mol. The van der Waals surface area contributed by atoms with Crippen LogP contribution < -0.4 is 0 Å². The summed E-state index contributed by atoms with van der Waals surface area (Å²) in [6, 6.07) is 1.11. The van der Waals surface area contributed by atoms with Gasteiger partial charge < -0.3 is 9.58 Å². The molecular weight excluding hydrogens is 176 g/mol. The Kier molecular flexibility index (Phi) is 2.50. The second kappa shape index (κ2) is 3.52. The van der Waals surface area contributed by atoms with Crippen molar-refractivity contribution in [2.75, 3.05) is 19.8 Å². The molecule has 0 amide bonds. The summed E-state index contributed by atoms with van der Waals surface area (Å²) in [5, 5.41) is 0. The first-order valence-corrected chi connectivity index (χ1v) is 5.39. The third-order valence-electron chi connectivity index (χ3n) is 3.51. The van der Waals surface area contributed by atoms with Gasteiger partial charge in [-0.25, -0.2) is 6.57 Å². The van der Waals surface area contributed by atoms with Crippen molar-refractivity contribution in [3.63, 3.8) is 0 Å². The molecule has 0 aromatic heterocycles. The van der Waals surface area contributed by atoms with Gasteiger partial charge in [0.05, 0.1) is 12.1 Å². The van der Waals surface area contributed by atoms with Crippen molar-refractivity contribution < 1.29 is 4.74 Å². The van der Waals surface area contributed by atoms with E-state index in [9.17, 15) is 0 Å². The molecule has 0 aromatic rings. The van der Waals surface area contributed by atoms with E-state index in [1.807, 2.05) is 0 Å².